The fourth-order valence-corrected chi connectivity index (χ4v) is 4.47. The van der Waals surface area contributed by atoms with Crippen molar-refractivity contribution in [3.63, 3.8) is 0 Å². The molecule has 34 heavy (non-hydrogen) atoms. The van der Waals surface area contributed by atoms with Crippen molar-refractivity contribution in [1.82, 2.24) is 0 Å². The van der Waals surface area contributed by atoms with Gasteiger partial charge in [-0.05, 0) is 71.9 Å². The van der Waals surface area contributed by atoms with Gasteiger partial charge in [0.15, 0.2) is 0 Å². The zero-order valence-electron chi connectivity index (χ0n) is 22.2. The van der Waals surface area contributed by atoms with Crippen LogP contribution in [0.25, 0.3) is 0 Å². The summed E-state index contributed by atoms with van der Waals surface area (Å²) in [6.07, 6.45) is 7.88. The molecule has 4 nitrogen and oxygen atoms in total. The summed E-state index contributed by atoms with van der Waals surface area (Å²) in [5.74, 6) is 0.596. The van der Waals surface area contributed by atoms with Gasteiger partial charge in [0.1, 0.15) is 11.5 Å². The molecule has 2 aromatic rings. The van der Waals surface area contributed by atoms with E-state index in [9.17, 15) is 10.2 Å². The maximum absolute atomic E-state index is 10.6. The molecule has 2 aromatic carbocycles. The van der Waals surface area contributed by atoms with Crippen molar-refractivity contribution in [2.24, 2.45) is 9.98 Å². The van der Waals surface area contributed by atoms with Crippen LogP contribution in [0.2, 0.25) is 0 Å². The highest BCUT2D eigenvalue weighted by Gasteiger charge is 2.24. The van der Waals surface area contributed by atoms with Gasteiger partial charge in [0, 0.05) is 23.6 Å². The van der Waals surface area contributed by atoms with Gasteiger partial charge in [-0.15, -0.1) is 0 Å². The van der Waals surface area contributed by atoms with Crippen LogP contribution >= 0.6 is 0 Å². The van der Waals surface area contributed by atoms with Gasteiger partial charge in [-0.3, -0.25) is 9.98 Å². The minimum atomic E-state index is 0.000438. The molecular formula is C30H42N2O2. The van der Waals surface area contributed by atoms with Crippen LogP contribution in [-0.2, 0) is 10.8 Å². The maximum atomic E-state index is 10.6. The number of hydrogen-bond acceptors (Lipinski definition) is 4. The summed E-state index contributed by atoms with van der Waals surface area (Å²) in [5, 5.41) is 21.3. The van der Waals surface area contributed by atoms with Crippen LogP contribution in [0.4, 0.5) is 0 Å². The van der Waals surface area contributed by atoms with Gasteiger partial charge in [0.25, 0.3) is 0 Å². The van der Waals surface area contributed by atoms with E-state index in [4.69, 9.17) is 9.98 Å². The number of aliphatic imine (C=N–C) groups is 2. The average molecular weight is 463 g/mol. The molecule has 0 aliphatic heterocycles. The fraction of sp³-hybridized carbons (Fsp3) is 0.533. The Morgan fingerprint density at radius 1 is 0.676 bits per heavy atom. The second kappa shape index (κ2) is 9.93. The molecule has 0 heterocycles. The van der Waals surface area contributed by atoms with Crippen LogP contribution in [0.5, 0.6) is 11.5 Å². The summed E-state index contributed by atoms with van der Waals surface area (Å²) in [6.45, 7) is 16.9. The maximum Gasteiger partial charge on any atom is 0.127 e. The zero-order valence-corrected chi connectivity index (χ0v) is 22.2. The zero-order chi connectivity index (χ0) is 25.3. The van der Waals surface area contributed by atoms with Crippen molar-refractivity contribution in [2.45, 2.75) is 104 Å². The predicted octanol–water partition coefficient (Wildman–Crippen LogP) is 7.16. The van der Waals surface area contributed by atoms with E-state index in [-0.39, 0.29) is 22.9 Å². The minimum Gasteiger partial charge on any atom is -0.507 e. The molecule has 0 spiro atoms. The van der Waals surface area contributed by atoms with E-state index < -0.39 is 0 Å². The van der Waals surface area contributed by atoms with Crippen molar-refractivity contribution >= 4 is 12.4 Å². The lowest BCUT2D eigenvalue weighted by molar-refractivity contribution is 0.390. The molecular weight excluding hydrogens is 420 g/mol. The Morgan fingerprint density at radius 3 is 1.35 bits per heavy atom. The first kappa shape index (κ1) is 26.0. The van der Waals surface area contributed by atoms with Crippen LogP contribution in [0.1, 0.15) is 101 Å². The lowest BCUT2D eigenvalue weighted by atomic mass is 9.85. The molecule has 0 saturated heterocycles. The summed E-state index contributed by atoms with van der Waals surface area (Å²) in [7, 11) is 0. The van der Waals surface area contributed by atoms with Gasteiger partial charge in [0.05, 0.1) is 12.1 Å². The highest BCUT2D eigenvalue weighted by molar-refractivity contribution is 5.86. The molecule has 0 radical (unpaired) electrons. The van der Waals surface area contributed by atoms with Crippen LogP contribution in [0.15, 0.2) is 34.3 Å². The van der Waals surface area contributed by atoms with Gasteiger partial charge in [-0.1, -0.05) is 66.5 Å². The van der Waals surface area contributed by atoms with Crippen molar-refractivity contribution in [1.29, 1.82) is 0 Å². The van der Waals surface area contributed by atoms with Crippen molar-refractivity contribution in [3.8, 4) is 11.5 Å². The van der Waals surface area contributed by atoms with Crippen molar-refractivity contribution in [2.75, 3.05) is 0 Å². The Balaban J connectivity index is 1.88. The summed E-state index contributed by atoms with van der Waals surface area (Å²) in [5.41, 5.74) is 5.65. The Hall–Kier alpha value is -2.62. The van der Waals surface area contributed by atoms with Crippen LogP contribution in [0, 0.1) is 13.8 Å². The number of phenolic OH excluding ortho intramolecular Hbond substituents is 2. The molecule has 2 atom stereocenters. The van der Waals surface area contributed by atoms with E-state index in [0.29, 0.717) is 11.5 Å². The number of phenols is 2. The summed E-state index contributed by atoms with van der Waals surface area (Å²) >= 11 is 0. The quantitative estimate of drug-likeness (QED) is 0.473. The Kier molecular flexibility index (Phi) is 7.59. The van der Waals surface area contributed by atoms with Crippen molar-refractivity contribution < 1.29 is 10.2 Å². The van der Waals surface area contributed by atoms with E-state index in [2.05, 4.69) is 53.7 Å². The smallest absolute Gasteiger partial charge is 0.127 e. The van der Waals surface area contributed by atoms with Crippen LogP contribution in [-0.4, -0.2) is 34.7 Å². The number of nitrogens with zero attached hydrogens (tertiary/aromatic N) is 2. The third-order valence-electron chi connectivity index (χ3n) is 6.90. The second-order valence-corrected chi connectivity index (χ2v) is 11.9. The monoisotopic (exact) mass is 462 g/mol. The summed E-state index contributed by atoms with van der Waals surface area (Å²) in [4.78, 5) is 9.82. The highest BCUT2D eigenvalue weighted by Crippen LogP contribution is 2.32. The Labute approximate surface area is 205 Å². The third kappa shape index (κ3) is 6.08. The number of aromatic hydroxyl groups is 2. The number of rotatable bonds is 4. The number of hydrogen-bond donors (Lipinski definition) is 2. The molecule has 184 valence electrons. The largest absolute Gasteiger partial charge is 0.507 e. The molecule has 0 bridgehead atoms. The SMILES string of the molecule is Cc1cc(C(C)(C)C)cc(C=N[C@H]2CCCC[C@@H]2N=Cc2cc(C(C)(C)C)cc(C)c2O)c1O. The Morgan fingerprint density at radius 2 is 1.03 bits per heavy atom. The van der Waals surface area contributed by atoms with Crippen LogP contribution < -0.4 is 0 Å². The van der Waals surface area contributed by atoms with E-state index >= 15 is 0 Å². The molecule has 2 N–H and O–H groups in total. The molecule has 1 aliphatic rings. The molecule has 4 heteroatoms. The molecule has 0 amide bonds. The Bertz CT molecular complexity index is 997. The first-order chi connectivity index (χ1) is 15.8. The first-order valence-corrected chi connectivity index (χ1v) is 12.5. The number of benzene rings is 2. The molecule has 1 aliphatic carbocycles. The lowest BCUT2D eigenvalue weighted by Crippen LogP contribution is -2.27. The molecule has 0 unspecified atom stereocenters. The van der Waals surface area contributed by atoms with E-state index in [1.54, 1.807) is 0 Å². The highest BCUT2D eigenvalue weighted by atomic mass is 16.3. The van der Waals surface area contributed by atoms with Gasteiger partial charge >= 0.3 is 0 Å². The van der Waals surface area contributed by atoms with Gasteiger partial charge in [0.2, 0.25) is 0 Å². The van der Waals surface area contributed by atoms with Gasteiger partial charge < -0.3 is 10.2 Å². The predicted molar refractivity (Wildman–Crippen MR) is 144 cm³/mol. The van der Waals surface area contributed by atoms with E-state index in [1.807, 2.05) is 38.4 Å². The van der Waals surface area contributed by atoms with Gasteiger partial charge in [-0.25, -0.2) is 0 Å². The van der Waals surface area contributed by atoms with Crippen molar-refractivity contribution in [3.05, 3.63) is 57.6 Å². The normalized spacial score (nSPS) is 19.9. The number of aryl methyl sites for hydroxylation is 2. The summed E-state index contributed by atoms with van der Waals surface area (Å²) in [6, 6.07) is 8.34. The summed E-state index contributed by atoms with van der Waals surface area (Å²) < 4.78 is 0. The first-order valence-electron chi connectivity index (χ1n) is 12.5. The fourth-order valence-electron chi connectivity index (χ4n) is 4.47. The third-order valence-corrected chi connectivity index (χ3v) is 6.90. The van der Waals surface area contributed by atoms with Crippen LogP contribution in [0.3, 0.4) is 0 Å². The molecule has 1 fully saturated rings. The molecule has 1 saturated carbocycles. The minimum absolute atomic E-state index is 0.000438. The molecule has 3 rings (SSSR count). The standard InChI is InChI=1S/C30H42N2O2/c1-19-13-23(29(3,4)5)15-21(27(19)33)17-31-25-11-9-10-12-26(25)32-18-22-16-24(30(6,7)8)14-20(2)28(22)34/h13-18,25-26,33-34H,9-12H2,1-8H3/t25-,26-/m0/s1. The van der Waals surface area contributed by atoms with E-state index in [0.717, 1.165) is 47.9 Å². The lowest BCUT2D eigenvalue weighted by Gasteiger charge is -2.26. The molecule has 0 aromatic heterocycles. The topological polar surface area (TPSA) is 65.2 Å². The van der Waals surface area contributed by atoms with Gasteiger partial charge in [-0.2, -0.15) is 0 Å². The average Bonchev–Trinajstić information content (AvgIpc) is 2.74. The van der Waals surface area contributed by atoms with E-state index in [1.165, 1.54) is 11.1 Å². The second-order valence-electron chi connectivity index (χ2n) is 11.9.